The Hall–Kier alpha value is -3.20. The molecule has 2 fully saturated rings. The molecule has 6 nitrogen and oxygen atoms in total. The van der Waals surface area contributed by atoms with E-state index in [1.165, 1.54) is 17.7 Å². The highest BCUT2D eigenvalue weighted by Crippen LogP contribution is 2.59. The zero-order valence-electron chi connectivity index (χ0n) is 22.4. The van der Waals surface area contributed by atoms with Gasteiger partial charge in [0.05, 0.1) is 5.92 Å². The van der Waals surface area contributed by atoms with Crippen molar-refractivity contribution in [3.63, 3.8) is 0 Å². The normalized spacial score (nSPS) is 17.1. The molecule has 0 spiro atoms. The summed E-state index contributed by atoms with van der Waals surface area (Å²) in [7, 11) is 0. The summed E-state index contributed by atoms with van der Waals surface area (Å²) in [6, 6.07) is 22.0. The number of nitrogens with one attached hydrogen (secondary N) is 2. The smallest absolute Gasteiger partial charge is 0.232 e. The minimum Gasteiger partial charge on any atom is -0.396 e. The van der Waals surface area contributed by atoms with Gasteiger partial charge in [0.25, 0.3) is 0 Å². The van der Waals surface area contributed by atoms with Crippen molar-refractivity contribution in [1.29, 1.82) is 0 Å². The average Bonchev–Trinajstić information content (AvgIpc) is 3.75. The van der Waals surface area contributed by atoms with Gasteiger partial charge >= 0.3 is 0 Å². The predicted octanol–water partition coefficient (Wildman–Crippen LogP) is 5.55. The van der Waals surface area contributed by atoms with Gasteiger partial charge in [0.15, 0.2) is 0 Å². The number of carbonyl (C=O) groups excluding carboxylic acids is 2. The lowest BCUT2D eigenvalue weighted by Gasteiger charge is -2.24. The molecule has 210 valence electrons. The maximum Gasteiger partial charge on any atom is 0.232 e. The average molecular weight is 563 g/mol. The molecule has 1 heterocycles. The summed E-state index contributed by atoms with van der Waals surface area (Å²) in [6.07, 6.45) is 4.19. The highest BCUT2D eigenvalue weighted by Gasteiger charge is 2.45. The predicted molar refractivity (Wildman–Crippen MR) is 155 cm³/mol. The topological polar surface area (TPSA) is 87.7 Å². The van der Waals surface area contributed by atoms with E-state index in [9.17, 15) is 19.1 Å². The third-order valence-corrected chi connectivity index (χ3v) is 9.13. The number of aliphatic hydroxyl groups excluding tert-OH is 1. The van der Waals surface area contributed by atoms with Gasteiger partial charge in [-0.25, -0.2) is 4.39 Å². The molecule has 1 aliphatic heterocycles. The Kier molecular flexibility index (Phi) is 9.19. The van der Waals surface area contributed by atoms with E-state index in [0.717, 1.165) is 41.7 Å². The molecular weight excluding hydrogens is 527 g/mol. The largest absolute Gasteiger partial charge is 0.396 e. The summed E-state index contributed by atoms with van der Waals surface area (Å²) in [6.45, 7) is 1.30. The Morgan fingerprint density at radius 1 is 0.975 bits per heavy atom. The zero-order valence-corrected chi connectivity index (χ0v) is 23.2. The van der Waals surface area contributed by atoms with Crippen LogP contribution in [-0.4, -0.2) is 42.8 Å². The van der Waals surface area contributed by atoms with E-state index in [0.29, 0.717) is 25.3 Å². The number of amides is 2. The van der Waals surface area contributed by atoms with Gasteiger partial charge in [0, 0.05) is 47.6 Å². The van der Waals surface area contributed by atoms with Crippen LogP contribution in [0.25, 0.3) is 0 Å². The second kappa shape index (κ2) is 13.0. The summed E-state index contributed by atoms with van der Waals surface area (Å²) in [5.74, 6) is -1.30. The molecule has 40 heavy (non-hydrogen) atoms. The van der Waals surface area contributed by atoms with E-state index < -0.39 is 5.92 Å². The first-order valence-corrected chi connectivity index (χ1v) is 14.7. The Balaban J connectivity index is 1.27. The van der Waals surface area contributed by atoms with Crippen LogP contribution >= 0.6 is 11.8 Å². The van der Waals surface area contributed by atoms with Gasteiger partial charge in [-0.05, 0) is 85.2 Å². The molecule has 0 bridgehead atoms. The molecule has 8 heteroatoms. The Labute approximate surface area is 238 Å². The van der Waals surface area contributed by atoms with Crippen LogP contribution in [0, 0.1) is 5.82 Å². The van der Waals surface area contributed by atoms with E-state index in [2.05, 4.69) is 10.6 Å². The molecule has 1 saturated heterocycles. The molecule has 3 N–H and O–H groups in total. The number of benzene rings is 3. The SMILES string of the molecule is O=C(CC(C(=O)Nc1ccc(C2(Sc3ccc(F)cc3)CC2)cc1)c1ccc(CCO)cc1)NC1CCOCC1. The first-order chi connectivity index (χ1) is 19.4. The van der Waals surface area contributed by atoms with Crippen LogP contribution in [0.1, 0.15) is 54.7 Å². The fourth-order valence-corrected chi connectivity index (χ4v) is 6.38. The van der Waals surface area contributed by atoms with Gasteiger partial charge in [0.1, 0.15) is 5.82 Å². The van der Waals surface area contributed by atoms with Crippen molar-refractivity contribution in [2.45, 2.75) is 60.1 Å². The number of halogens is 1. The molecule has 3 aromatic carbocycles. The lowest BCUT2D eigenvalue weighted by Crippen LogP contribution is -2.40. The summed E-state index contributed by atoms with van der Waals surface area (Å²) in [5, 5.41) is 15.3. The van der Waals surface area contributed by atoms with Crippen LogP contribution in [0.15, 0.2) is 77.7 Å². The molecular formula is C32H35FN2O4S. The fraction of sp³-hybridized carbons (Fsp3) is 0.375. The first-order valence-electron chi connectivity index (χ1n) is 13.9. The molecule has 0 radical (unpaired) electrons. The van der Waals surface area contributed by atoms with Crippen molar-refractivity contribution in [2.75, 3.05) is 25.1 Å². The lowest BCUT2D eigenvalue weighted by atomic mass is 9.92. The van der Waals surface area contributed by atoms with Crippen molar-refractivity contribution in [3.8, 4) is 0 Å². The quantitative estimate of drug-likeness (QED) is 0.285. The summed E-state index contributed by atoms with van der Waals surface area (Å²) >= 11 is 1.74. The minimum atomic E-state index is -0.661. The second-order valence-electron chi connectivity index (χ2n) is 10.5. The third-order valence-electron chi connectivity index (χ3n) is 7.58. The van der Waals surface area contributed by atoms with E-state index in [-0.39, 0.29) is 41.4 Å². The van der Waals surface area contributed by atoms with Crippen molar-refractivity contribution in [3.05, 3.63) is 95.3 Å². The highest BCUT2D eigenvalue weighted by atomic mass is 32.2. The van der Waals surface area contributed by atoms with Gasteiger partial charge < -0.3 is 20.5 Å². The number of anilines is 1. The fourth-order valence-electron chi connectivity index (χ4n) is 5.10. The number of aliphatic hydroxyl groups is 1. The van der Waals surface area contributed by atoms with Crippen molar-refractivity contribution >= 4 is 29.3 Å². The lowest BCUT2D eigenvalue weighted by molar-refractivity contribution is -0.126. The van der Waals surface area contributed by atoms with Crippen molar-refractivity contribution in [1.82, 2.24) is 5.32 Å². The molecule has 2 amide bonds. The van der Waals surface area contributed by atoms with E-state index in [1.54, 1.807) is 11.8 Å². The standard InChI is InChI=1S/C32H35FN2O4S/c33-25-7-11-28(12-8-25)40-32(16-17-32)24-5-9-26(10-6-24)35-31(38)29(23-3-1-22(2-4-23)13-18-36)21-30(37)34-27-14-19-39-20-15-27/h1-12,27,29,36H,13-21H2,(H,34,37)(H,35,38). The van der Waals surface area contributed by atoms with Gasteiger partial charge in [-0.1, -0.05) is 36.4 Å². The van der Waals surface area contributed by atoms with E-state index in [4.69, 9.17) is 4.74 Å². The maximum absolute atomic E-state index is 13.5. The summed E-state index contributed by atoms with van der Waals surface area (Å²) in [4.78, 5) is 27.5. The van der Waals surface area contributed by atoms with Crippen LogP contribution < -0.4 is 10.6 Å². The van der Waals surface area contributed by atoms with Gasteiger partial charge in [-0.2, -0.15) is 0 Å². The minimum absolute atomic E-state index is 0.0263. The van der Waals surface area contributed by atoms with Crippen LogP contribution in [0.3, 0.4) is 0 Å². The highest BCUT2D eigenvalue weighted by molar-refractivity contribution is 8.00. The number of hydrogen-bond acceptors (Lipinski definition) is 5. The molecule has 0 aromatic heterocycles. The van der Waals surface area contributed by atoms with Gasteiger partial charge in [-0.3, -0.25) is 9.59 Å². The van der Waals surface area contributed by atoms with Crippen molar-refractivity contribution in [2.24, 2.45) is 0 Å². The van der Waals surface area contributed by atoms with Gasteiger partial charge in [-0.15, -0.1) is 11.8 Å². The number of carbonyl (C=O) groups is 2. The first kappa shape index (κ1) is 28.3. The van der Waals surface area contributed by atoms with E-state index in [1.807, 2.05) is 60.7 Å². The molecule has 1 atom stereocenters. The van der Waals surface area contributed by atoms with Crippen LogP contribution in [0.5, 0.6) is 0 Å². The number of thioether (sulfide) groups is 1. The Bertz CT molecular complexity index is 1290. The number of rotatable bonds is 11. The van der Waals surface area contributed by atoms with Crippen LogP contribution in [0.4, 0.5) is 10.1 Å². The zero-order chi connectivity index (χ0) is 28.0. The molecule has 5 rings (SSSR count). The molecule has 1 unspecified atom stereocenters. The molecule has 3 aromatic rings. The monoisotopic (exact) mass is 562 g/mol. The van der Waals surface area contributed by atoms with Crippen LogP contribution in [0.2, 0.25) is 0 Å². The Morgan fingerprint density at radius 3 is 2.27 bits per heavy atom. The number of ether oxygens (including phenoxy) is 1. The summed E-state index contributed by atoms with van der Waals surface area (Å²) < 4.78 is 18.7. The molecule has 1 aliphatic carbocycles. The van der Waals surface area contributed by atoms with E-state index >= 15 is 0 Å². The third kappa shape index (κ3) is 7.30. The van der Waals surface area contributed by atoms with Gasteiger partial charge in [0.2, 0.25) is 11.8 Å². The molecule has 1 saturated carbocycles. The number of hydrogen-bond donors (Lipinski definition) is 3. The maximum atomic E-state index is 13.5. The summed E-state index contributed by atoms with van der Waals surface area (Å²) in [5.41, 5.74) is 3.57. The second-order valence-corrected chi connectivity index (χ2v) is 12.0. The Morgan fingerprint density at radius 2 is 1.65 bits per heavy atom. The van der Waals surface area contributed by atoms with Crippen LogP contribution in [-0.2, 0) is 25.5 Å². The van der Waals surface area contributed by atoms with Crippen molar-refractivity contribution < 1.29 is 23.8 Å². The molecule has 2 aliphatic rings.